The number of nitrogens with zero attached hydrogens (tertiary/aromatic N) is 2. The van der Waals surface area contributed by atoms with E-state index in [1.165, 1.54) is 6.20 Å². The van der Waals surface area contributed by atoms with Gasteiger partial charge in [-0.05, 0) is 24.3 Å². The molecular formula is C15H15ClN2O2. The van der Waals surface area contributed by atoms with Crippen LogP contribution in [-0.4, -0.2) is 36.0 Å². The van der Waals surface area contributed by atoms with E-state index in [0.29, 0.717) is 23.9 Å². The van der Waals surface area contributed by atoms with Crippen molar-refractivity contribution in [2.24, 2.45) is 0 Å². The number of benzene rings is 1. The third-order valence-corrected chi connectivity index (χ3v) is 2.97. The first-order valence-corrected chi connectivity index (χ1v) is 6.59. The number of pyridine rings is 1. The predicted octanol–water partition coefficient (Wildman–Crippen LogP) is 2.89. The first-order valence-electron chi connectivity index (χ1n) is 6.21. The van der Waals surface area contributed by atoms with Crippen molar-refractivity contribution in [2.75, 3.05) is 20.2 Å². The minimum Gasteiger partial charge on any atom is -0.492 e. The zero-order chi connectivity index (χ0) is 14.4. The van der Waals surface area contributed by atoms with Crippen LogP contribution in [0.1, 0.15) is 10.4 Å². The Hall–Kier alpha value is -2.07. The number of hydrogen-bond donors (Lipinski definition) is 0. The summed E-state index contributed by atoms with van der Waals surface area (Å²) in [5.74, 6) is 0.686. The molecule has 1 amide bonds. The van der Waals surface area contributed by atoms with E-state index in [4.69, 9.17) is 16.3 Å². The second-order valence-corrected chi connectivity index (χ2v) is 4.64. The lowest BCUT2D eigenvalue weighted by Crippen LogP contribution is -2.30. The van der Waals surface area contributed by atoms with E-state index in [1.54, 1.807) is 24.1 Å². The van der Waals surface area contributed by atoms with Gasteiger partial charge < -0.3 is 9.64 Å². The Kier molecular flexibility index (Phi) is 4.96. The molecule has 104 valence electrons. The van der Waals surface area contributed by atoms with Gasteiger partial charge in [-0.25, -0.2) is 4.98 Å². The van der Waals surface area contributed by atoms with Gasteiger partial charge in [0.2, 0.25) is 0 Å². The number of halogens is 1. The zero-order valence-corrected chi connectivity index (χ0v) is 11.9. The average molecular weight is 291 g/mol. The van der Waals surface area contributed by atoms with Crippen LogP contribution in [0.15, 0.2) is 48.7 Å². The van der Waals surface area contributed by atoms with E-state index in [9.17, 15) is 4.79 Å². The van der Waals surface area contributed by atoms with Crippen molar-refractivity contribution < 1.29 is 9.53 Å². The van der Waals surface area contributed by atoms with Gasteiger partial charge in [0.1, 0.15) is 17.5 Å². The standard InChI is InChI=1S/C15H15ClN2O2/c1-18(9-10-20-13-5-3-2-4-6-13)15(19)12-7-8-17-14(16)11-12/h2-8,11H,9-10H2,1H3. The van der Waals surface area contributed by atoms with Crippen LogP contribution in [0.2, 0.25) is 5.15 Å². The quantitative estimate of drug-likeness (QED) is 0.795. The van der Waals surface area contributed by atoms with E-state index in [1.807, 2.05) is 30.3 Å². The lowest BCUT2D eigenvalue weighted by atomic mass is 10.2. The summed E-state index contributed by atoms with van der Waals surface area (Å²) in [6.07, 6.45) is 1.52. The molecule has 0 aliphatic rings. The number of carbonyl (C=O) groups is 1. The number of aromatic nitrogens is 1. The highest BCUT2D eigenvalue weighted by molar-refractivity contribution is 6.29. The summed E-state index contributed by atoms with van der Waals surface area (Å²) in [4.78, 5) is 17.6. The number of para-hydroxylation sites is 1. The van der Waals surface area contributed by atoms with Gasteiger partial charge in [-0.1, -0.05) is 29.8 Å². The van der Waals surface area contributed by atoms with Crippen LogP contribution in [0.4, 0.5) is 0 Å². The summed E-state index contributed by atoms with van der Waals surface area (Å²) in [6, 6.07) is 12.7. The van der Waals surface area contributed by atoms with Crippen molar-refractivity contribution in [1.29, 1.82) is 0 Å². The molecule has 0 N–H and O–H groups in total. The van der Waals surface area contributed by atoms with Crippen LogP contribution in [0, 0.1) is 0 Å². The Morgan fingerprint density at radius 3 is 2.75 bits per heavy atom. The number of rotatable bonds is 5. The van der Waals surface area contributed by atoms with Crippen LogP contribution in [-0.2, 0) is 0 Å². The van der Waals surface area contributed by atoms with Crippen molar-refractivity contribution in [3.05, 3.63) is 59.4 Å². The molecule has 0 unspecified atom stereocenters. The number of carbonyl (C=O) groups excluding carboxylic acids is 1. The second kappa shape index (κ2) is 6.91. The van der Waals surface area contributed by atoms with Crippen LogP contribution >= 0.6 is 11.6 Å². The maximum atomic E-state index is 12.1. The summed E-state index contributed by atoms with van der Waals surface area (Å²) < 4.78 is 5.55. The first kappa shape index (κ1) is 14.3. The van der Waals surface area contributed by atoms with Crippen LogP contribution in [0.3, 0.4) is 0 Å². The second-order valence-electron chi connectivity index (χ2n) is 4.26. The molecular weight excluding hydrogens is 276 g/mol. The molecule has 2 aromatic rings. The lowest BCUT2D eigenvalue weighted by Gasteiger charge is -2.17. The third-order valence-electron chi connectivity index (χ3n) is 2.76. The smallest absolute Gasteiger partial charge is 0.253 e. The van der Waals surface area contributed by atoms with Crippen molar-refractivity contribution in [1.82, 2.24) is 9.88 Å². The molecule has 0 fully saturated rings. The predicted molar refractivity (Wildman–Crippen MR) is 78.1 cm³/mol. The highest BCUT2D eigenvalue weighted by Crippen LogP contribution is 2.10. The monoisotopic (exact) mass is 290 g/mol. The molecule has 5 heteroatoms. The Bertz CT molecular complexity index is 575. The minimum absolute atomic E-state index is 0.106. The molecule has 0 aliphatic heterocycles. The number of hydrogen-bond acceptors (Lipinski definition) is 3. The normalized spacial score (nSPS) is 10.1. The zero-order valence-electron chi connectivity index (χ0n) is 11.1. The fourth-order valence-electron chi connectivity index (χ4n) is 1.67. The van der Waals surface area contributed by atoms with Gasteiger partial charge in [-0.15, -0.1) is 0 Å². The van der Waals surface area contributed by atoms with E-state index in [-0.39, 0.29) is 5.91 Å². The van der Waals surface area contributed by atoms with Crippen molar-refractivity contribution in [2.45, 2.75) is 0 Å². The van der Waals surface area contributed by atoms with E-state index in [2.05, 4.69) is 4.98 Å². The van der Waals surface area contributed by atoms with Gasteiger partial charge in [0.05, 0.1) is 6.54 Å². The van der Waals surface area contributed by atoms with Gasteiger partial charge in [0.15, 0.2) is 0 Å². The fraction of sp³-hybridized carbons (Fsp3) is 0.200. The summed E-state index contributed by atoms with van der Waals surface area (Å²) >= 11 is 5.77. The molecule has 2 rings (SSSR count). The molecule has 0 spiro atoms. The van der Waals surface area contributed by atoms with Crippen LogP contribution < -0.4 is 4.74 Å². The summed E-state index contributed by atoms with van der Waals surface area (Å²) in [6.45, 7) is 0.929. The summed E-state index contributed by atoms with van der Waals surface area (Å²) in [5, 5.41) is 0.310. The SMILES string of the molecule is CN(CCOc1ccccc1)C(=O)c1ccnc(Cl)c1. The molecule has 0 saturated carbocycles. The molecule has 4 nitrogen and oxygen atoms in total. The van der Waals surface area contributed by atoms with Crippen molar-refractivity contribution in [3.8, 4) is 5.75 Å². The maximum absolute atomic E-state index is 12.1. The third kappa shape index (κ3) is 3.96. The Balaban J connectivity index is 1.85. The van der Waals surface area contributed by atoms with Gasteiger partial charge in [-0.3, -0.25) is 4.79 Å². The molecule has 0 radical (unpaired) electrons. The molecule has 0 aliphatic carbocycles. The summed E-state index contributed by atoms with van der Waals surface area (Å²) in [5.41, 5.74) is 0.521. The maximum Gasteiger partial charge on any atom is 0.253 e. The van der Waals surface area contributed by atoms with Gasteiger partial charge >= 0.3 is 0 Å². The number of likely N-dealkylation sites (N-methyl/N-ethyl adjacent to an activating group) is 1. The highest BCUT2D eigenvalue weighted by atomic mass is 35.5. The van der Waals surface area contributed by atoms with Crippen LogP contribution in [0.5, 0.6) is 5.75 Å². The van der Waals surface area contributed by atoms with Crippen LogP contribution in [0.25, 0.3) is 0 Å². The molecule has 0 atom stereocenters. The van der Waals surface area contributed by atoms with Gasteiger partial charge in [-0.2, -0.15) is 0 Å². The fourth-order valence-corrected chi connectivity index (χ4v) is 1.85. The molecule has 1 aromatic heterocycles. The summed E-state index contributed by atoms with van der Waals surface area (Å²) in [7, 11) is 1.73. The largest absolute Gasteiger partial charge is 0.492 e. The topological polar surface area (TPSA) is 42.4 Å². The average Bonchev–Trinajstić information content (AvgIpc) is 2.47. The van der Waals surface area contributed by atoms with Gasteiger partial charge in [0, 0.05) is 18.8 Å². The van der Waals surface area contributed by atoms with E-state index in [0.717, 1.165) is 5.75 Å². The lowest BCUT2D eigenvalue weighted by molar-refractivity contribution is 0.0773. The Morgan fingerprint density at radius 1 is 1.30 bits per heavy atom. The molecule has 0 saturated heterocycles. The Morgan fingerprint density at radius 2 is 2.05 bits per heavy atom. The highest BCUT2D eigenvalue weighted by Gasteiger charge is 2.12. The molecule has 1 heterocycles. The van der Waals surface area contributed by atoms with Gasteiger partial charge in [0.25, 0.3) is 5.91 Å². The van der Waals surface area contributed by atoms with E-state index < -0.39 is 0 Å². The molecule has 20 heavy (non-hydrogen) atoms. The number of amides is 1. The molecule has 0 bridgehead atoms. The number of ether oxygens (including phenoxy) is 1. The van der Waals surface area contributed by atoms with Crippen molar-refractivity contribution in [3.63, 3.8) is 0 Å². The first-order chi connectivity index (χ1) is 9.66. The minimum atomic E-state index is -0.106. The van der Waals surface area contributed by atoms with Crippen molar-refractivity contribution >= 4 is 17.5 Å². The molecule has 1 aromatic carbocycles. The Labute approximate surface area is 123 Å². The van der Waals surface area contributed by atoms with E-state index >= 15 is 0 Å².